The fraction of sp³-hybridized carbons (Fsp3) is 1.00. The molecule has 0 N–H and O–H groups in total. The molecule has 0 aliphatic rings. The maximum atomic E-state index is 6.21. The lowest BCUT2D eigenvalue weighted by atomic mass is 9.89. The fourth-order valence-corrected chi connectivity index (χ4v) is 3.27. The van der Waals surface area contributed by atoms with Crippen LogP contribution in [-0.4, -0.2) is 12.2 Å². The van der Waals surface area contributed by atoms with E-state index in [1.165, 1.54) is 77.0 Å². The molecule has 128 valence electrons. The molecule has 0 aromatic rings. The van der Waals surface area contributed by atoms with Gasteiger partial charge in [-0.05, 0) is 32.6 Å². The maximum absolute atomic E-state index is 6.21. The molecule has 0 aromatic carbocycles. The summed E-state index contributed by atoms with van der Waals surface area (Å²) in [6.07, 6.45) is 17.1. The molecule has 0 bridgehead atoms. The summed E-state index contributed by atoms with van der Waals surface area (Å²) >= 11 is 0. The Labute approximate surface area is 135 Å². The standard InChI is InChI=1S/C20H42O/c1-6-9-11-13-16-20(21-18(4)5)17-19(14-8-3)15-12-10-7-2/h18-20H,6-17H2,1-5H3. The van der Waals surface area contributed by atoms with Crippen molar-refractivity contribution in [3.05, 3.63) is 0 Å². The van der Waals surface area contributed by atoms with Crippen molar-refractivity contribution in [3.63, 3.8) is 0 Å². The van der Waals surface area contributed by atoms with E-state index in [2.05, 4.69) is 34.6 Å². The highest BCUT2D eigenvalue weighted by Gasteiger charge is 2.17. The van der Waals surface area contributed by atoms with E-state index in [1.807, 2.05) is 0 Å². The molecule has 0 saturated carbocycles. The van der Waals surface area contributed by atoms with E-state index in [0.29, 0.717) is 12.2 Å². The second-order valence-corrected chi connectivity index (χ2v) is 7.04. The highest BCUT2D eigenvalue weighted by Crippen LogP contribution is 2.25. The molecular weight excluding hydrogens is 256 g/mol. The maximum Gasteiger partial charge on any atom is 0.0581 e. The quantitative estimate of drug-likeness (QED) is 0.292. The van der Waals surface area contributed by atoms with Crippen molar-refractivity contribution < 1.29 is 4.74 Å². The molecule has 0 radical (unpaired) electrons. The molecule has 1 nitrogen and oxygen atoms in total. The van der Waals surface area contributed by atoms with Gasteiger partial charge in [-0.3, -0.25) is 0 Å². The Morgan fingerprint density at radius 2 is 1.29 bits per heavy atom. The molecule has 0 heterocycles. The molecule has 21 heavy (non-hydrogen) atoms. The Balaban J connectivity index is 4.21. The topological polar surface area (TPSA) is 9.23 Å². The van der Waals surface area contributed by atoms with Gasteiger partial charge in [-0.1, -0.05) is 85.0 Å². The van der Waals surface area contributed by atoms with E-state index < -0.39 is 0 Å². The first-order valence-corrected chi connectivity index (χ1v) is 9.79. The summed E-state index contributed by atoms with van der Waals surface area (Å²) in [6.45, 7) is 11.3. The monoisotopic (exact) mass is 298 g/mol. The van der Waals surface area contributed by atoms with Crippen LogP contribution in [0, 0.1) is 5.92 Å². The first-order chi connectivity index (χ1) is 10.1. The van der Waals surface area contributed by atoms with Gasteiger partial charge in [-0.15, -0.1) is 0 Å². The van der Waals surface area contributed by atoms with Gasteiger partial charge in [0.15, 0.2) is 0 Å². The molecular formula is C20H42O. The third kappa shape index (κ3) is 13.4. The Hall–Kier alpha value is -0.0400. The average molecular weight is 299 g/mol. The van der Waals surface area contributed by atoms with Crippen molar-refractivity contribution in [1.82, 2.24) is 0 Å². The molecule has 0 amide bonds. The van der Waals surface area contributed by atoms with Gasteiger partial charge in [-0.25, -0.2) is 0 Å². The number of hydrogen-bond donors (Lipinski definition) is 0. The number of ether oxygens (including phenoxy) is 1. The molecule has 2 unspecified atom stereocenters. The molecule has 0 aliphatic heterocycles. The Morgan fingerprint density at radius 1 is 0.667 bits per heavy atom. The van der Waals surface area contributed by atoms with Gasteiger partial charge in [0.25, 0.3) is 0 Å². The summed E-state index contributed by atoms with van der Waals surface area (Å²) in [5.74, 6) is 0.886. The lowest BCUT2D eigenvalue weighted by molar-refractivity contribution is -0.0129. The average Bonchev–Trinajstić information content (AvgIpc) is 2.43. The van der Waals surface area contributed by atoms with Crippen LogP contribution in [0.3, 0.4) is 0 Å². The van der Waals surface area contributed by atoms with Gasteiger partial charge in [0.1, 0.15) is 0 Å². The molecule has 0 fully saturated rings. The van der Waals surface area contributed by atoms with Gasteiger partial charge in [-0.2, -0.15) is 0 Å². The van der Waals surface area contributed by atoms with Gasteiger partial charge < -0.3 is 4.74 Å². The third-order valence-electron chi connectivity index (χ3n) is 4.35. The summed E-state index contributed by atoms with van der Waals surface area (Å²) in [7, 11) is 0. The Bertz CT molecular complexity index is 200. The fourth-order valence-electron chi connectivity index (χ4n) is 3.27. The summed E-state index contributed by atoms with van der Waals surface area (Å²) in [5, 5.41) is 0. The zero-order chi connectivity index (χ0) is 15.9. The van der Waals surface area contributed by atoms with E-state index >= 15 is 0 Å². The zero-order valence-electron chi connectivity index (χ0n) is 15.6. The SMILES string of the molecule is CCCCCCC(CC(CCC)CCCCC)OC(C)C. The third-order valence-corrected chi connectivity index (χ3v) is 4.35. The summed E-state index contributed by atoms with van der Waals surface area (Å²) in [5.41, 5.74) is 0. The lowest BCUT2D eigenvalue weighted by Crippen LogP contribution is -2.21. The highest BCUT2D eigenvalue weighted by atomic mass is 16.5. The number of unbranched alkanes of at least 4 members (excludes halogenated alkanes) is 5. The van der Waals surface area contributed by atoms with Crippen LogP contribution >= 0.6 is 0 Å². The van der Waals surface area contributed by atoms with E-state index in [9.17, 15) is 0 Å². The molecule has 0 saturated heterocycles. The molecule has 0 spiro atoms. The first kappa shape index (κ1) is 21.0. The van der Waals surface area contributed by atoms with Crippen LogP contribution < -0.4 is 0 Å². The number of rotatable bonds is 15. The largest absolute Gasteiger partial charge is 0.376 e. The predicted octanol–water partition coefficient (Wildman–Crippen LogP) is 7.14. The van der Waals surface area contributed by atoms with Gasteiger partial charge in [0.05, 0.1) is 12.2 Å². The van der Waals surface area contributed by atoms with Gasteiger partial charge >= 0.3 is 0 Å². The van der Waals surface area contributed by atoms with Crippen LogP contribution in [0.1, 0.15) is 112 Å². The summed E-state index contributed by atoms with van der Waals surface area (Å²) in [4.78, 5) is 0. The van der Waals surface area contributed by atoms with E-state index in [-0.39, 0.29) is 0 Å². The molecule has 1 heteroatoms. The van der Waals surface area contributed by atoms with Crippen molar-refractivity contribution in [1.29, 1.82) is 0 Å². The van der Waals surface area contributed by atoms with Crippen molar-refractivity contribution in [2.75, 3.05) is 0 Å². The number of hydrogen-bond acceptors (Lipinski definition) is 1. The van der Waals surface area contributed by atoms with Crippen molar-refractivity contribution in [2.45, 2.75) is 124 Å². The molecule has 0 aromatic heterocycles. The normalized spacial score (nSPS) is 14.6. The van der Waals surface area contributed by atoms with Crippen LogP contribution in [0.4, 0.5) is 0 Å². The van der Waals surface area contributed by atoms with Crippen LogP contribution in [-0.2, 0) is 4.74 Å². The highest BCUT2D eigenvalue weighted by molar-refractivity contribution is 4.68. The van der Waals surface area contributed by atoms with Gasteiger partial charge in [0.2, 0.25) is 0 Å². The van der Waals surface area contributed by atoms with Crippen molar-refractivity contribution in [3.8, 4) is 0 Å². The van der Waals surface area contributed by atoms with E-state index in [4.69, 9.17) is 4.74 Å². The van der Waals surface area contributed by atoms with Gasteiger partial charge in [0, 0.05) is 0 Å². The first-order valence-electron chi connectivity index (χ1n) is 9.79. The Morgan fingerprint density at radius 3 is 1.86 bits per heavy atom. The summed E-state index contributed by atoms with van der Waals surface area (Å²) in [6, 6.07) is 0. The van der Waals surface area contributed by atoms with Crippen molar-refractivity contribution >= 4 is 0 Å². The van der Waals surface area contributed by atoms with E-state index in [1.54, 1.807) is 0 Å². The predicted molar refractivity (Wildman–Crippen MR) is 95.9 cm³/mol. The molecule has 0 rings (SSSR count). The minimum Gasteiger partial charge on any atom is -0.376 e. The van der Waals surface area contributed by atoms with Crippen LogP contribution in [0.2, 0.25) is 0 Å². The lowest BCUT2D eigenvalue weighted by Gasteiger charge is -2.25. The molecule has 0 aliphatic carbocycles. The minimum absolute atomic E-state index is 0.374. The zero-order valence-corrected chi connectivity index (χ0v) is 15.6. The van der Waals surface area contributed by atoms with Crippen LogP contribution in [0.5, 0.6) is 0 Å². The minimum atomic E-state index is 0.374. The van der Waals surface area contributed by atoms with Crippen LogP contribution in [0.25, 0.3) is 0 Å². The summed E-state index contributed by atoms with van der Waals surface area (Å²) < 4.78 is 6.21. The Kier molecular flexibility index (Phi) is 14.9. The van der Waals surface area contributed by atoms with Crippen LogP contribution in [0.15, 0.2) is 0 Å². The molecule has 2 atom stereocenters. The van der Waals surface area contributed by atoms with Crippen molar-refractivity contribution in [2.24, 2.45) is 5.92 Å². The van der Waals surface area contributed by atoms with E-state index in [0.717, 1.165) is 5.92 Å². The smallest absolute Gasteiger partial charge is 0.0581 e. The second-order valence-electron chi connectivity index (χ2n) is 7.04. The second kappa shape index (κ2) is 14.9.